The zero-order valence-corrected chi connectivity index (χ0v) is 12.6. The molecule has 2 heterocycles. The van der Waals surface area contributed by atoms with Crippen LogP contribution in [0.25, 0.3) is 21.9 Å². The average molecular weight is 284 g/mol. The first-order chi connectivity index (χ1) is 10.2. The highest BCUT2D eigenvalue weighted by atomic mass is 16.3. The third kappa shape index (κ3) is 2.23. The highest BCUT2D eigenvalue weighted by Gasteiger charge is 2.17. The monoisotopic (exact) mass is 284 g/mol. The number of aliphatic hydroxyl groups is 1. The van der Waals surface area contributed by atoms with Crippen molar-refractivity contribution < 1.29 is 5.11 Å². The summed E-state index contributed by atoms with van der Waals surface area (Å²) in [6, 6.07) is 8.08. The molecule has 3 rings (SSSR count). The van der Waals surface area contributed by atoms with Gasteiger partial charge in [0.15, 0.2) is 5.65 Å². The number of benzene rings is 1. The number of para-hydroxylation sites is 1. The molecule has 0 saturated carbocycles. The number of aromatic nitrogens is 3. The van der Waals surface area contributed by atoms with Crippen LogP contribution in [0.5, 0.6) is 0 Å². The minimum absolute atomic E-state index is 0.0265. The van der Waals surface area contributed by atoms with Crippen LogP contribution in [0.4, 0.5) is 5.69 Å². The Morgan fingerprint density at radius 1 is 1.33 bits per heavy atom. The van der Waals surface area contributed by atoms with E-state index in [1.54, 1.807) is 0 Å². The van der Waals surface area contributed by atoms with Crippen molar-refractivity contribution in [1.29, 1.82) is 0 Å². The van der Waals surface area contributed by atoms with E-state index in [-0.39, 0.29) is 12.6 Å². The van der Waals surface area contributed by atoms with Crippen LogP contribution in [-0.4, -0.2) is 32.5 Å². The zero-order valence-electron chi connectivity index (χ0n) is 12.6. The van der Waals surface area contributed by atoms with Crippen molar-refractivity contribution in [1.82, 2.24) is 14.8 Å². The molecule has 110 valence electrons. The Balaban J connectivity index is 2.34. The molecule has 1 atom stereocenters. The van der Waals surface area contributed by atoms with E-state index in [1.165, 1.54) is 0 Å². The molecule has 2 aromatic heterocycles. The highest BCUT2D eigenvalue weighted by molar-refractivity contribution is 6.07. The number of aliphatic hydroxyl groups excluding tert-OH is 1. The molecular weight excluding hydrogens is 264 g/mol. The maximum atomic E-state index is 9.51. The van der Waals surface area contributed by atoms with Gasteiger partial charge in [0.2, 0.25) is 0 Å². The molecule has 0 aliphatic heterocycles. The Labute approximate surface area is 123 Å². The first-order valence-corrected chi connectivity index (χ1v) is 7.25. The molecule has 21 heavy (non-hydrogen) atoms. The Hall–Kier alpha value is -2.14. The summed E-state index contributed by atoms with van der Waals surface area (Å²) in [5.74, 6) is 0. The first-order valence-electron chi connectivity index (χ1n) is 7.25. The molecule has 0 saturated heterocycles. The number of anilines is 1. The Kier molecular flexibility index (Phi) is 3.51. The van der Waals surface area contributed by atoms with Gasteiger partial charge >= 0.3 is 0 Å². The number of fused-ring (bicyclic) bond motifs is 2. The molecular formula is C16H20N4O. The van der Waals surface area contributed by atoms with Crippen LogP contribution < -0.4 is 5.32 Å². The predicted octanol–water partition coefficient (Wildman–Crippen LogP) is 2.61. The second kappa shape index (κ2) is 5.33. The minimum atomic E-state index is 0.0265. The molecule has 0 aliphatic carbocycles. The van der Waals surface area contributed by atoms with Gasteiger partial charge < -0.3 is 10.4 Å². The Bertz CT molecular complexity index is 790. The van der Waals surface area contributed by atoms with E-state index in [1.807, 2.05) is 36.9 Å². The second-order valence-corrected chi connectivity index (χ2v) is 5.34. The fraction of sp³-hybridized carbons (Fsp3) is 0.375. The lowest BCUT2D eigenvalue weighted by molar-refractivity contribution is 0.272. The largest absolute Gasteiger partial charge is 0.394 e. The van der Waals surface area contributed by atoms with Crippen LogP contribution in [0.15, 0.2) is 24.3 Å². The van der Waals surface area contributed by atoms with Gasteiger partial charge in [-0.05, 0) is 19.4 Å². The summed E-state index contributed by atoms with van der Waals surface area (Å²) in [6.07, 6.45) is 0.855. The third-order valence-corrected chi connectivity index (χ3v) is 3.90. The maximum Gasteiger partial charge on any atom is 0.160 e. The summed E-state index contributed by atoms with van der Waals surface area (Å²) in [4.78, 5) is 4.72. The summed E-state index contributed by atoms with van der Waals surface area (Å²) in [7, 11) is 1.91. The van der Waals surface area contributed by atoms with Gasteiger partial charge in [0.1, 0.15) is 0 Å². The summed E-state index contributed by atoms with van der Waals surface area (Å²) >= 11 is 0. The Morgan fingerprint density at radius 2 is 2.10 bits per heavy atom. The second-order valence-electron chi connectivity index (χ2n) is 5.34. The standard InChI is InChI=1S/C16H20N4O/c1-4-11(9-21)17-15-12-7-5-6-8-13(12)18-16-14(15)10(2)19-20(16)3/h5-8,11,21H,4,9H2,1-3H3,(H,17,18)/t11-/m1/s1. The topological polar surface area (TPSA) is 63.0 Å². The van der Waals surface area contributed by atoms with Crippen LogP contribution in [0.2, 0.25) is 0 Å². The summed E-state index contributed by atoms with van der Waals surface area (Å²) in [5, 5.41) is 19.6. The number of nitrogens with one attached hydrogen (secondary N) is 1. The average Bonchev–Trinajstić information content (AvgIpc) is 2.78. The summed E-state index contributed by atoms with van der Waals surface area (Å²) in [6.45, 7) is 4.16. The van der Waals surface area contributed by atoms with Gasteiger partial charge in [0.25, 0.3) is 0 Å². The number of hydrogen-bond donors (Lipinski definition) is 2. The third-order valence-electron chi connectivity index (χ3n) is 3.90. The van der Waals surface area contributed by atoms with Gasteiger partial charge in [-0.1, -0.05) is 25.1 Å². The van der Waals surface area contributed by atoms with E-state index >= 15 is 0 Å². The fourth-order valence-electron chi connectivity index (χ4n) is 2.73. The Morgan fingerprint density at radius 3 is 2.81 bits per heavy atom. The lowest BCUT2D eigenvalue weighted by Crippen LogP contribution is -2.23. The normalized spacial score (nSPS) is 13.0. The fourth-order valence-corrected chi connectivity index (χ4v) is 2.73. The van der Waals surface area contributed by atoms with Gasteiger partial charge in [0.05, 0.1) is 28.9 Å². The van der Waals surface area contributed by atoms with Crippen LogP contribution in [0.1, 0.15) is 19.0 Å². The number of rotatable bonds is 4. The van der Waals surface area contributed by atoms with Crippen LogP contribution in [-0.2, 0) is 7.05 Å². The van der Waals surface area contributed by atoms with Gasteiger partial charge in [0, 0.05) is 18.5 Å². The van der Waals surface area contributed by atoms with E-state index in [0.29, 0.717) is 0 Å². The van der Waals surface area contributed by atoms with Gasteiger partial charge in [-0.3, -0.25) is 4.68 Å². The molecule has 5 heteroatoms. The molecule has 0 bridgehead atoms. The maximum absolute atomic E-state index is 9.51. The van der Waals surface area contributed by atoms with Gasteiger partial charge in [-0.2, -0.15) is 5.10 Å². The summed E-state index contributed by atoms with van der Waals surface area (Å²) in [5.41, 5.74) is 3.76. The van der Waals surface area contributed by atoms with Gasteiger partial charge in [-0.15, -0.1) is 0 Å². The van der Waals surface area contributed by atoms with Crippen LogP contribution in [0.3, 0.4) is 0 Å². The molecule has 0 aliphatic rings. The van der Waals surface area contributed by atoms with Crippen molar-refractivity contribution in [3.05, 3.63) is 30.0 Å². The molecule has 0 fully saturated rings. The van der Waals surface area contributed by atoms with Crippen LogP contribution in [0, 0.1) is 6.92 Å². The van der Waals surface area contributed by atoms with Crippen molar-refractivity contribution in [2.75, 3.05) is 11.9 Å². The van der Waals surface area contributed by atoms with Crippen LogP contribution >= 0.6 is 0 Å². The van der Waals surface area contributed by atoms with Crippen molar-refractivity contribution >= 4 is 27.6 Å². The van der Waals surface area contributed by atoms with E-state index in [4.69, 9.17) is 4.98 Å². The number of hydrogen-bond acceptors (Lipinski definition) is 4. The first kappa shape index (κ1) is 13.8. The number of pyridine rings is 1. The number of nitrogens with zero attached hydrogens (tertiary/aromatic N) is 3. The molecule has 0 radical (unpaired) electrons. The number of aryl methyl sites for hydroxylation is 2. The molecule has 0 spiro atoms. The van der Waals surface area contributed by atoms with Crippen molar-refractivity contribution in [3.8, 4) is 0 Å². The molecule has 0 amide bonds. The van der Waals surface area contributed by atoms with E-state index in [0.717, 1.165) is 39.7 Å². The van der Waals surface area contributed by atoms with E-state index < -0.39 is 0 Å². The predicted molar refractivity (Wildman–Crippen MR) is 85.5 cm³/mol. The van der Waals surface area contributed by atoms with Crippen molar-refractivity contribution in [2.24, 2.45) is 7.05 Å². The quantitative estimate of drug-likeness (QED) is 0.773. The molecule has 0 unspecified atom stereocenters. The zero-order chi connectivity index (χ0) is 15.0. The van der Waals surface area contributed by atoms with E-state index in [2.05, 4.69) is 23.4 Å². The highest BCUT2D eigenvalue weighted by Crippen LogP contribution is 2.33. The van der Waals surface area contributed by atoms with Gasteiger partial charge in [-0.25, -0.2) is 4.98 Å². The van der Waals surface area contributed by atoms with E-state index in [9.17, 15) is 5.11 Å². The smallest absolute Gasteiger partial charge is 0.160 e. The lowest BCUT2D eigenvalue weighted by Gasteiger charge is -2.18. The molecule has 2 N–H and O–H groups in total. The molecule has 3 aromatic rings. The minimum Gasteiger partial charge on any atom is -0.394 e. The lowest BCUT2D eigenvalue weighted by atomic mass is 10.1. The van der Waals surface area contributed by atoms with Crippen molar-refractivity contribution in [2.45, 2.75) is 26.3 Å². The molecule has 5 nitrogen and oxygen atoms in total. The SMILES string of the molecule is CC[C@H](CO)Nc1c2ccccc2nc2c1c(C)nn2C. The van der Waals surface area contributed by atoms with Crippen molar-refractivity contribution in [3.63, 3.8) is 0 Å². The molecule has 1 aromatic carbocycles. The summed E-state index contributed by atoms with van der Waals surface area (Å²) < 4.78 is 1.81.